The zero-order valence-electron chi connectivity index (χ0n) is 13.9. The average molecular weight is 431 g/mol. The summed E-state index contributed by atoms with van der Waals surface area (Å²) in [5.74, 6) is -5.47. The third kappa shape index (κ3) is 3.00. The van der Waals surface area contributed by atoms with Crippen LogP contribution >= 0.6 is 23.9 Å². The quantitative estimate of drug-likeness (QED) is 0.307. The van der Waals surface area contributed by atoms with Crippen LogP contribution in [0.3, 0.4) is 0 Å². The molecular formula is C19H11F6NS2. The van der Waals surface area contributed by atoms with Crippen molar-refractivity contribution in [2.24, 2.45) is 0 Å². The minimum Gasteiger partial charge on any atom is -0.247 e. The fourth-order valence-electron chi connectivity index (χ4n) is 2.85. The molecule has 0 amide bonds. The largest absolute Gasteiger partial charge is 0.394 e. The molecule has 0 bridgehead atoms. The van der Waals surface area contributed by atoms with Crippen molar-refractivity contribution in [3.8, 4) is 11.1 Å². The topological polar surface area (TPSA) is 3.24 Å². The van der Waals surface area contributed by atoms with E-state index in [9.17, 15) is 26.3 Å². The van der Waals surface area contributed by atoms with Crippen LogP contribution in [0.25, 0.3) is 21.9 Å². The van der Waals surface area contributed by atoms with Gasteiger partial charge in [0.15, 0.2) is 0 Å². The first-order valence-corrected chi connectivity index (χ1v) is 9.57. The van der Waals surface area contributed by atoms with E-state index < -0.39 is 40.3 Å². The number of hydrogen-bond donors (Lipinski definition) is 0. The minimum absolute atomic E-state index is 0.00167. The van der Waals surface area contributed by atoms with Crippen molar-refractivity contribution in [2.45, 2.75) is 16.4 Å². The van der Waals surface area contributed by atoms with Crippen LogP contribution in [-0.4, -0.2) is 16.4 Å². The van der Waals surface area contributed by atoms with E-state index in [0.29, 0.717) is 20.0 Å². The van der Waals surface area contributed by atoms with E-state index in [1.807, 2.05) is 0 Å². The zero-order valence-corrected chi connectivity index (χ0v) is 15.5. The van der Waals surface area contributed by atoms with Gasteiger partial charge < -0.3 is 0 Å². The molecule has 0 saturated carbocycles. The smallest absolute Gasteiger partial charge is 0.247 e. The third-order valence-electron chi connectivity index (χ3n) is 4.27. The highest BCUT2D eigenvalue weighted by Gasteiger charge is 2.77. The highest BCUT2D eigenvalue weighted by molar-refractivity contribution is 8.19. The predicted molar refractivity (Wildman–Crippen MR) is 102 cm³/mol. The van der Waals surface area contributed by atoms with E-state index in [1.165, 1.54) is 6.07 Å². The Morgan fingerprint density at radius 3 is 1.86 bits per heavy atom. The van der Waals surface area contributed by atoms with Crippen molar-refractivity contribution >= 4 is 40.4 Å². The second kappa shape index (κ2) is 6.52. The zero-order chi connectivity index (χ0) is 20.2. The van der Waals surface area contributed by atoms with Crippen molar-refractivity contribution in [1.29, 1.82) is 0 Å². The van der Waals surface area contributed by atoms with Gasteiger partial charge >= 0.3 is 16.4 Å². The van der Waals surface area contributed by atoms with E-state index in [0.717, 1.165) is 5.56 Å². The van der Waals surface area contributed by atoms with Gasteiger partial charge in [0.05, 0.1) is 5.69 Å². The van der Waals surface area contributed by atoms with Crippen LogP contribution in [0.5, 0.6) is 0 Å². The lowest BCUT2D eigenvalue weighted by atomic mass is 10.00. The third-order valence-corrected chi connectivity index (χ3v) is 6.41. The molecule has 146 valence electrons. The van der Waals surface area contributed by atoms with Crippen LogP contribution < -0.4 is 3.71 Å². The maximum Gasteiger partial charge on any atom is 0.394 e. The van der Waals surface area contributed by atoms with E-state index in [4.69, 9.17) is 0 Å². The average Bonchev–Trinajstić information content (AvgIpc) is 2.65. The maximum absolute atomic E-state index is 13.9. The van der Waals surface area contributed by atoms with Crippen LogP contribution in [-0.2, 0) is 0 Å². The molecule has 0 radical (unpaired) electrons. The van der Waals surface area contributed by atoms with Gasteiger partial charge in [-0.25, -0.2) is 3.71 Å². The van der Waals surface area contributed by atoms with Crippen LogP contribution in [0.2, 0.25) is 0 Å². The van der Waals surface area contributed by atoms with E-state index in [2.05, 4.69) is 0 Å². The summed E-state index contributed by atoms with van der Waals surface area (Å²) >= 11 is -1.19. The summed E-state index contributed by atoms with van der Waals surface area (Å²) in [5, 5.41) is -8.92. The number of anilines is 1. The van der Waals surface area contributed by atoms with Crippen molar-refractivity contribution in [3.63, 3.8) is 0 Å². The number of fused-ring (bicyclic) bond motifs is 1. The van der Waals surface area contributed by atoms with Gasteiger partial charge in [-0.2, -0.15) is 26.3 Å². The lowest BCUT2D eigenvalue weighted by molar-refractivity contribution is -0.238. The summed E-state index contributed by atoms with van der Waals surface area (Å²) in [6, 6.07) is 18.8. The Morgan fingerprint density at radius 2 is 1.21 bits per heavy atom. The van der Waals surface area contributed by atoms with Crippen molar-refractivity contribution in [1.82, 2.24) is 0 Å². The molecule has 0 N–H and O–H groups in total. The van der Waals surface area contributed by atoms with Gasteiger partial charge in [0, 0.05) is 29.3 Å². The van der Waals surface area contributed by atoms with Crippen LogP contribution in [0, 0.1) is 0 Å². The molecule has 1 heterocycles. The second-order valence-corrected chi connectivity index (χ2v) is 8.48. The summed E-state index contributed by atoms with van der Waals surface area (Å²) in [4.78, 5) is 0. The predicted octanol–water partition coefficient (Wildman–Crippen LogP) is 7.44. The molecule has 1 aliphatic heterocycles. The molecule has 0 unspecified atom stereocenters. The fourth-order valence-corrected chi connectivity index (χ4v) is 5.02. The molecule has 1 fully saturated rings. The molecule has 0 aliphatic carbocycles. The Bertz CT molecular complexity index is 1010. The number of hydrogen-bond acceptors (Lipinski definition) is 3. The Morgan fingerprint density at radius 1 is 0.643 bits per heavy atom. The lowest BCUT2D eigenvalue weighted by Gasteiger charge is -2.41. The normalized spacial score (nSPS) is 20.3. The van der Waals surface area contributed by atoms with Gasteiger partial charge in [-0.05, 0) is 28.6 Å². The van der Waals surface area contributed by atoms with E-state index in [-0.39, 0.29) is 5.69 Å². The van der Waals surface area contributed by atoms with E-state index in [1.54, 1.807) is 60.7 Å². The molecule has 1 nitrogen and oxygen atoms in total. The Labute approximate surface area is 165 Å². The van der Waals surface area contributed by atoms with Crippen LogP contribution in [0.15, 0.2) is 66.7 Å². The highest BCUT2D eigenvalue weighted by atomic mass is 32.2. The second-order valence-electron chi connectivity index (χ2n) is 6.13. The number of benzene rings is 3. The first-order valence-electron chi connectivity index (χ1n) is 8.02. The minimum atomic E-state index is -5.47. The molecule has 0 spiro atoms. The SMILES string of the molecule is FC1(F)SN(c2cc(-c3ccccc3)cc3ccccc23)SC(F)(F)C1(F)F. The Balaban J connectivity index is 1.89. The van der Waals surface area contributed by atoms with E-state index >= 15 is 0 Å². The lowest BCUT2D eigenvalue weighted by Crippen LogP contribution is -2.56. The number of halogens is 6. The molecule has 9 heteroatoms. The Hall–Kier alpha value is -2.00. The Kier molecular flexibility index (Phi) is 4.50. The van der Waals surface area contributed by atoms with Gasteiger partial charge in [-0.3, -0.25) is 0 Å². The highest BCUT2D eigenvalue weighted by Crippen LogP contribution is 2.64. The van der Waals surface area contributed by atoms with Crippen molar-refractivity contribution < 1.29 is 26.3 Å². The monoisotopic (exact) mass is 431 g/mol. The molecule has 0 atom stereocenters. The summed E-state index contributed by atoms with van der Waals surface area (Å²) in [5.41, 5.74) is 1.34. The van der Waals surface area contributed by atoms with Gasteiger partial charge in [0.1, 0.15) is 0 Å². The first kappa shape index (κ1) is 19.3. The fraction of sp³-hybridized carbons (Fsp3) is 0.158. The maximum atomic E-state index is 13.9. The summed E-state index contributed by atoms with van der Waals surface area (Å²) in [7, 11) is 0. The van der Waals surface area contributed by atoms with Crippen molar-refractivity contribution in [2.75, 3.05) is 3.71 Å². The molecule has 3 aromatic carbocycles. The van der Waals surface area contributed by atoms with Gasteiger partial charge in [-0.1, -0.05) is 54.6 Å². The molecule has 0 aromatic heterocycles. The number of alkyl halides is 6. The number of rotatable bonds is 2. The van der Waals surface area contributed by atoms with Crippen LogP contribution in [0.4, 0.5) is 32.0 Å². The van der Waals surface area contributed by atoms with Gasteiger partial charge in [0.2, 0.25) is 0 Å². The molecule has 1 saturated heterocycles. The van der Waals surface area contributed by atoms with Crippen molar-refractivity contribution in [3.05, 3.63) is 66.7 Å². The molecule has 1 aliphatic rings. The molecule has 28 heavy (non-hydrogen) atoms. The standard InChI is InChI=1S/C19H11F6NS2/c20-17(21)18(22,23)27-26(28-19(17,24)25)16-11-14(12-6-2-1-3-7-12)10-13-8-4-5-9-15(13)16/h1-11H. The summed E-state index contributed by atoms with van der Waals surface area (Å²) < 4.78 is 83.2. The molecule has 4 rings (SSSR count). The molecule has 3 aromatic rings. The number of nitrogens with zero attached hydrogens (tertiary/aromatic N) is 1. The summed E-state index contributed by atoms with van der Waals surface area (Å²) in [6.07, 6.45) is 0. The first-order chi connectivity index (χ1) is 13.1. The molecular weight excluding hydrogens is 420 g/mol. The van der Waals surface area contributed by atoms with Gasteiger partial charge in [-0.15, -0.1) is 0 Å². The van der Waals surface area contributed by atoms with Crippen LogP contribution in [0.1, 0.15) is 0 Å². The summed E-state index contributed by atoms with van der Waals surface area (Å²) in [6.45, 7) is 0. The van der Waals surface area contributed by atoms with Gasteiger partial charge in [0.25, 0.3) is 0 Å².